The van der Waals surface area contributed by atoms with Crippen LogP contribution in [0.15, 0.2) is 41.6 Å². The van der Waals surface area contributed by atoms with Gasteiger partial charge in [0.05, 0.1) is 17.1 Å². The number of thiazole rings is 1. The number of hydrogen-bond acceptors (Lipinski definition) is 4. The van der Waals surface area contributed by atoms with Crippen molar-refractivity contribution in [2.45, 2.75) is 13.8 Å². The maximum atomic E-state index is 5.57. The summed E-state index contributed by atoms with van der Waals surface area (Å²) in [6.45, 7) is 4.03. The zero-order valence-electron chi connectivity index (χ0n) is 9.68. The van der Waals surface area contributed by atoms with Gasteiger partial charge in [-0.2, -0.15) is 0 Å². The Morgan fingerprint density at radius 3 is 2.82 bits per heavy atom. The number of benzene rings is 1. The lowest BCUT2D eigenvalue weighted by Gasteiger charge is -2.27. The van der Waals surface area contributed by atoms with Crippen molar-refractivity contribution in [2.24, 2.45) is 0 Å². The van der Waals surface area contributed by atoms with Crippen molar-refractivity contribution in [3.63, 3.8) is 0 Å². The summed E-state index contributed by atoms with van der Waals surface area (Å²) >= 11 is 1.64. The normalized spacial score (nSPS) is 14.0. The molecule has 3 nitrogen and oxygen atoms in total. The number of para-hydroxylation sites is 2. The summed E-state index contributed by atoms with van der Waals surface area (Å²) in [7, 11) is 0. The van der Waals surface area contributed by atoms with Crippen LogP contribution in [0.5, 0.6) is 5.75 Å². The summed E-state index contributed by atoms with van der Waals surface area (Å²) in [5.41, 5.74) is 3.13. The molecule has 0 saturated heterocycles. The van der Waals surface area contributed by atoms with E-state index in [1.54, 1.807) is 17.6 Å². The van der Waals surface area contributed by atoms with Gasteiger partial charge in [0.1, 0.15) is 6.26 Å². The molecule has 86 valence electrons. The van der Waals surface area contributed by atoms with Crippen LogP contribution in [-0.2, 0) is 0 Å². The van der Waals surface area contributed by atoms with Crippen molar-refractivity contribution < 1.29 is 4.74 Å². The molecule has 3 rings (SSSR count). The summed E-state index contributed by atoms with van der Waals surface area (Å²) in [4.78, 5) is 6.65. The van der Waals surface area contributed by atoms with Gasteiger partial charge in [0.2, 0.25) is 0 Å². The maximum absolute atomic E-state index is 5.57. The van der Waals surface area contributed by atoms with Crippen LogP contribution in [0.1, 0.15) is 12.6 Å². The smallest absolute Gasteiger partial charge is 0.194 e. The second-order valence-electron chi connectivity index (χ2n) is 3.95. The summed E-state index contributed by atoms with van der Waals surface area (Å²) < 4.78 is 5.57. The zero-order chi connectivity index (χ0) is 11.8. The zero-order valence-corrected chi connectivity index (χ0v) is 10.5. The van der Waals surface area contributed by atoms with Crippen molar-refractivity contribution in [3.8, 4) is 5.75 Å². The number of aromatic nitrogens is 1. The van der Waals surface area contributed by atoms with Crippen LogP contribution in [-0.4, -0.2) is 4.98 Å². The topological polar surface area (TPSA) is 25.4 Å². The molecular formula is C13H12N2OS. The maximum Gasteiger partial charge on any atom is 0.194 e. The van der Waals surface area contributed by atoms with E-state index in [4.69, 9.17) is 4.74 Å². The quantitative estimate of drug-likeness (QED) is 0.762. The molecule has 2 heterocycles. The lowest BCUT2D eigenvalue weighted by Crippen LogP contribution is -2.19. The van der Waals surface area contributed by atoms with E-state index in [1.165, 1.54) is 0 Å². The van der Waals surface area contributed by atoms with Crippen LogP contribution >= 0.6 is 11.3 Å². The SMILES string of the molecule is CC1=COc2ccccc2N1c1nc(C)cs1. The highest BCUT2D eigenvalue weighted by Crippen LogP contribution is 2.40. The van der Waals surface area contributed by atoms with E-state index in [2.05, 4.69) is 15.3 Å². The molecule has 0 spiro atoms. The molecule has 0 radical (unpaired) electrons. The first kappa shape index (κ1) is 10.4. The van der Waals surface area contributed by atoms with Crippen LogP contribution in [0, 0.1) is 6.92 Å². The van der Waals surface area contributed by atoms with Crippen LogP contribution in [0.2, 0.25) is 0 Å². The predicted molar refractivity (Wildman–Crippen MR) is 69.8 cm³/mol. The Labute approximate surface area is 104 Å². The summed E-state index contributed by atoms with van der Waals surface area (Å²) in [5, 5.41) is 3.03. The molecule has 0 unspecified atom stereocenters. The second-order valence-corrected chi connectivity index (χ2v) is 4.79. The number of aryl methyl sites for hydroxylation is 1. The Balaban J connectivity index is 2.13. The van der Waals surface area contributed by atoms with E-state index in [9.17, 15) is 0 Å². The lowest BCUT2D eigenvalue weighted by molar-refractivity contribution is 0.466. The minimum absolute atomic E-state index is 0.867. The third-order valence-corrected chi connectivity index (χ3v) is 3.56. The lowest BCUT2D eigenvalue weighted by atomic mass is 10.2. The van der Waals surface area contributed by atoms with Crippen molar-refractivity contribution in [1.29, 1.82) is 0 Å². The summed E-state index contributed by atoms with van der Waals surface area (Å²) in [5.74, 6) is 0.867. The first-order valence-electron chi connectivity index (χ1n) is 5.40. The van der Waals surface area contributed by atoms with E-state index in [1.807, 2.05) is 38.1 Å². The van der Waals surface area contributed by atoms with Gasteiger partial charge in [0.15, 0.2) is 10.9 Å². The van der Waals surface area contributed by atoms with Crippen molar-refractivity contribution >= 4 is 22.2 Å². The van der Waals surface area contributed by atoms with Gasteiger partial charge in [0.25, 0.3) is 0 Å². The average Bonchev–Trinajstić information content (AvgIpc) is 2.75. The summed E-state index contributed by atoms with van der Waals surface area (Å²) in [6, 6.07) is 7.99. The number of fused-ring (bicyclic) bond motifs is 1. The van der Waals surface area contributed by atoms with Crippen molar-refractivity contribution in [3.05, 3.63) is 47.3 Å². The van der Waals surface area contributed by atoms with Crippen molar-refractivity contribution in [2.75, 3.05) is 4.90 Å². The summed E-state index contributed by atoms with van der Waals surface area (Å²) in [6.07, 6.45) is 1.76. The van der Waals surface area contributed by atoms with Gasteiger partial charge in [-0.25, -0.2) is 4.98 Å². The minimum atomic E-state index is 0.867. The number of hydrogen-bond donors (Lipinski definition) is 0. The molecule has 1 aromatic carbocycles. The van der Waals surface area contributed by atoms with E-state index < -0.39 is 0 Å². The Kier molecular flexibility index (Phi) is 2.37. The van der Waals surface area contributed by atoms with Crippen LogP contribution < -0.4 is 9.64 Å². The molecule has 1 aromatic heterocycles. The van der Waals surface area contributed by atoms with Crippen LogP contribution in [0.3, 0.4) is 0 Å². The largest absolute Gasteiger partial charge is 0.461 e. The molecule has 4 heteroatoms. The second kappa shape index (κ2) is 3.89. The number of allylic oxidation sites excluding steroid dienone is 1. The Hall–Kier alpha value is -1.81. The molecule has 2 aromatic rings. The Bertz CT molecular complexity index is 589. The van der Waals surface area contributed by atoms with Gasteiger partial charge < -0.3 is 4.74 Å². The molecule has 0 aliphatic carbocycles. The van der Waals surface area contributed by atoms with E-state index in [-0.39, 0.29) is 0 Å². The predicted octanol–water partition coefficient (Wildman–Crippen LogP) is 3.84. The van der Waals surface area contributed by atoms with Gasteiger partial charge in [-0.1, -0.05) is 12.1 Å². The Morgan fingerprint density at radius 2 is 2.06 bits per heavy atom. The molecule has 0 amide bonds. The van der Waals surface area contributed by atoms with Gasteiger partial charge in [0, 0.05) is 5.38 Å². The van der Waals surface area contributed by atoms with Gasteiger partial charge in [-0.15, -0.1) is 11.3 Å². The standard InChI is InChI=1S/C13H12N2OS/c1-9-8-17-13(14-9)15-10(2)7-16-12-6-4-3-5-11(12)15/h3-8H,1-2H3. The average molecular weight is 244 g/mol. The van der Waals surface area contributed by atoms with Gasteiger partial charge in [-0.3, -0.25) is 4.90 Å². The van der Waals surface area contributed by atoms with Gasteiger partial charge in [-0.05, 0) is 26.0 Å². The third-order valence-electron chi connectivity index (χ3n) is 2.61. The number of nitrogens with zero attached hydrogens (tertiary/aromatic N) is 2. The number of ether oxygens (including phenoxy) is 1. The first-order valence-corrected chi connectivity index (χ1v) is 6.28. The molecule has 0 saturated carbocycles. The molecule has 1 aliphatic rings. The molecule has 0 N–H and O–H groups in total. The molecule has 0 atom stereocenters. The minimum Gasteiger partial charge on any atom is -0.461 e. The molecule has 0 fully saturated rings. The highest BCUT2D eigenvalue weighted by molar-refractivity contribution is 7.13. The third kappa shape index (κ3) is 1.70. The van der Waals surface area contributed by atoms with Crippen LogP contribution in [0.25, 0.3) is 0 Å². The number of rotatable bonds is 1. The fraction of sp³-hybridized carbons (Fsp3) is 0.154. The Morgan fingerprint density at radius 1 is 1.24 bits per heavy atom. The number of anilines is 2. The van der Waals surface area contributed by atoms with E-state index >= 15 is 0 Å². The van der Waals surface area contributed by atoms with Crippen LogP contribution in [0.4, 0.5) is 10.8 Å². The monoisotopic (exact) mass is 244 g/mol. The van der Waals surface area contributed by atoms with E-state index in [0.29, 0.717) is 0 Å². The fourth-order valence-corrected chi connectivity index (χ4v) is 2.70. The highest BCUT2D eigenvalue weighted by Gasteiger charge is 2.21. The van der Waals surface area contributed by atoms with Crippen molar-refractivity contribution in [1.82, 2.24) is 4.98 Å². The van der Waals surface area contributed by atoms with E-state index in [0.717, 1.165) is 28.0 Å². The fourth-order valence-electron chi connectivity index (χ4n) is 1.83. The first-order chi connectivity index (χ1) is 8.25. The van der Waals surface area contributed by atoms with Gasteiger partial charge >= 0.3 is 0 Å². The molecule has 0 bridgehead atoms. The molecule has 1 aliphatic heterocycles. The molecule has 17 heavy (non-hydrogen) atoms. The highest BCUT2D eigenvalue weighted by atomic mass is 32.1. The molecular weight excluding hydrogens is 232 g/mol.